The average molecular weight is 447 g/mol. The second-order valence-corrected chi connectivity index (χ2v) is 6.17. The minimum absolute atomic E-state index is 0. The number of halogens is 1. The van der Waals surface area contributed by atoms with Crippen LogP contribution in [-0.4, -0.2) is 36.4 Å². The first kappa shape index (κ1) is 21.0. The number of hydrogen-bond donors (Lipinski definition) is 3. The van der Waals surface area contributed by atoms with Crippen molar-refractivity contribution in [3.05, 3.63) is 29.3 Å². The number of benzene rings is 1. The van der Waals surface area contributed by atoms with Crippen LogP contribution in [0.25, 0.3) is 0 Å². The number of hydrogen-bond acceptors (Lipinski definition) is 3. The minimum atomic E-state index is -0.559. The van der Waals surface area contributed by atoms with Gasteiger partial charge in [-0.25, -0.2) is 4.99 Å². The fourth-order valence-electron chi connectivity index (χ4n) is 2.60. The molecule has 1 aliphatic rings. The number of guanidine groups is 1. The highest BCUT2D eigenvalue weighted by molar-refractivity contribution is 14.0. The van der Waals surface area contributed by atoms with E-state index in [0.717, 1.165) is 43.1 Å². The lowest BCUT2D eigenvalue weighted by atomic mass is 9.80. The summed E-state index contributed by atoms with van der Waals surface area (Å²) in [5.74, 6) is 1.63. The molecule has 0 radical (unpaired) electrons. The fraction of sp³-hybridized carbons (Fsp3) is 0.611. The summed E-state index contributed by atoms with van der Waals surface area (Å²) >= 11 is 0. The second kappa shape index (κ2) is 10.1. The van der Waals surface area contributed by atoms with E-state index in [-0.39, 0.29) is 24.0 Å². The maximum atomic E-state index is 10.2. The molecule has 0 aromatic heterocycles. The molecule has 1 aromatic carbocycles. The summed E-state index contributed by atoms with van der Waals surface area (Å²) in [5, 5.41) is 16.7. The average Bonchev–Trinajstić information content (AvgIpc) is 2.50. The van der Waals surface area contributed by atoms with Crippen LogP contribution >= 0.6 is 24.0 Å². The Balaban J connectivity index is 0.00000288. The van der Waals surface area contributed by atoms with E-state index in [0.29, 0.717) is 19.7 Å². The Morgan fingerprint density at radius 1 is 1.29 bits per heavy atom. The van der Waals surface area contributed by atoms with Gasteiger partial charge in [0.2, 0.25) is 0 Å². The highest BCUT2D eigenvalue weighted by atomic mass is 127. The number of ether oxygens (including phenoxy) is 1. The smallest absolute Gasteiger partial charge is 0.191 e. The van der Waals surface area contributed by atoms with E-state index >= 15 is 0 Å². The van der Waals surface area contributed by atoms with Crippen LogP contribution in [0.2, 0.25) is 0 Å². The van der Waals surface area contributed by atoms with Gasteiger partial charge in [0.15, 0.2) is 5.96 Å². The molecule has 2 rings (SSSR count). The maximum absolute atomic E-state index is 10.2. The van der Waals surface area contributed by atoms with E-state index in [2.05, 4.69) is 34.7 Å². The van der Waals surface area contributed by atoms with Crippen molar-refractivity contribution < 1.29 is 9.84 Å². The predicted molar refractivity (Wildman–Crippen MR) is 109 cm³/mol. The highest BCUT2D eigenvalue weighted by Crippen LogP contribution is 2.30. The Kier molecular flexibility index (Phi) is 8.83. The quantitative estimate of drug-likeness (QED) is 0.342. The van der Waals surface area contributed by atoms with Crippen LogP contribution in [0, 0.1) is 6.92 Å². The summed E-state index contributed by atoms with van der Waals surface area (Å²) in [6.07, 6.45) is 2.84. The van der Waals surface area contributed by atoms with Crippen molar-refractivity contribution in [1.29, 1.82) is 0 Å². The van der Waals surface area contributed by atoms with E-state index in [9.17, 15) is 5.11 Å². The topological polar surface area (TPSA) is 65.9 Å². The molecule has 0 amide bonds. The molecule has 136 valence electrons. The van der Waals surface area contributed by atoms with E-state index < -0.39 is 5.60 Å². The predicted octanol–water partition coefficient (Wildman–Crippen LogP) is 2.98. The first-order chi connectivity index (χ1) is 11.1. The van der Waals surface area contributed by atoms with E-state index in [1.54, 1.807) is 0 Å². The normalized spacial score (nSPS) is 15.9. The molecule has 0 aliphatic heterocycles. The second-order valence-electron chi connectivity index (χ2n) is 6.17. The van der Waals surface area contributed by atoms with Gasteiger partial charge >= 0.3 is 0 Å². The lowest BCUT2D eigenvalue weighted by molar-refractivity contribution is -0.0279. The third-order valence-electron chi connectivity index (χ3n) is 4.14. The van der Waals surface area contributed by atoms with Crippen molar-refractivity contribution in [2.75, 3.05) is 19.7 Å². The standard InChI is InChI=1S/C18H29N3O2.HI/c1-4-19-17(21-13-18(22)9-6-10-18)20-12-15-8-7-14(3)11-16(15)23-5-2;/h7-8,11,22H,4-6,9-10,12-13H2,1-3H3,(H2,19,20,21);1H. The van der Waals surface area contributed by atoms with Crippen molar-refractivity contribution in [1.82, 2.24) is 10.6 Å². The van der Waals surface area contributed by atoms with Gasteiger partial charge in [0.25, 0.3) is 0 Å². The van der Waals surface area contributed by atoms with Crippen molar-refractivity contribution >= 4 is 29.9 Å². The zero-order valence-electron chi connectivity index (χ0n) is 14.9. The maximum Gasteiger partial charge on any atom is 0.191 e. The summed E-state index contributed by atoms with van der Waals surface area (Å²) in [6, 6.07) is 6.18. The Morgan fingerprint density at radius 3 is 2.62 bits per heavy atom. The molecular weight excluding hydrogens is 417 g/mol. The van der Waals surface area contributed by atoms with Gasteiger partial charge in [-0.05, 0) is 51.7 Å². The molecule has 1 fully saturated rings. The minimum Gasteiger partial charge on any atom is -0.494 e. The van der Waals surface area contributed by atoms with Crippen molar-refractivity contribution in [2.45, 2.75) is 52.2 Å². The molecule has 1 aliphatic carbocycles. The van der Waals surface area contributed by atoms with Gasteiger partial charge in [-0.3, -0.25) is 0 Å². The summed E-state index contributed by atoms with van der Waals surface area (Å²) in [4.78, 5) is 4.62. The molecule has 0 unspecified atom stereocenters. The van der Waals surface area contributed by atoms with Gasteiger partial charge in [0.1, 0.15) is 5.75 Å². The molecule has 3 N–H and O–H groups in total. The van der Waals surface area contributed by atoms with Crippen molar-refractivity contribution in [3.63, 3.8) is 0 Å². The van der Waals surface area contributed by atoms with Gasteiger partial charge in [-0.1, -0.05) is 12.1 Å². The van der Waals surface area contributed by atoms with E-state index in [4.69, 9.17) is 4.74 Å². The first-order valence-electron chi connectivity index (χ1n) is 8.53. The summed E-state index contributed by atoms with van der Waals surface area (Å²) in [5.41, 5.74) is 1.69. The van der Waals surface area contributed by atoms with Gasteiger partial charge in [-0.2, -0.15) is 0 Å². The van der Waals surface area contributed by atoms with Crippen LogP contribution in [0.1, 0.15) is 44.2 Å². The first-order valence-corrected chi connectivity index (χ1v) is 8.53. The van der Waals surface area contributed by atoms with Crippen LogP contribution in [-0.2, 0) is 6.54 Å². The molecule has 5 nitrogen and oxygen atoms in total. The molecular formula is C18H30IN3O2. The molecule has 0 heterocycles. The zero-order valence-corrected chi connectivity index (χ0v) is 17.2. The van der Waals surface area contributed by atoms with Crippen LogP contribution in [0.5, 0.6) is 5.75 Å². The zero-order chi connectivity index (χ0) is 16.7. The van der Waals surface area contributed by atoms with Crippen LogP contribution in [0.15, 0.2) is 23.2 Å². The molecule has 0 atom stereocenters. The molecule has 1 aromatic rings. The number of aliphatic imine (C=N–C) groups is 1. The fourth-order valence-corrected chi connectivity index (χ4v) is 2.60. The summed E-state index contributed by atoms with van der Waals surface area (Å²) < 4.78 is 5.70. The van der Waals surface area contributed by atoms with E-state index in [1.807, 2.05) is 19.9 Å². The number of rotatable bonds is 7. The third-order valence-corrected chi connectivity index (χ3v) is 4.14. The lowest BCUT2D eigenvalue weighted by Gasteiger charge is -2.37. The highest BCUT2D eigenvalue weighted by Gasteiger charge is 2.34. The molecule has 6 heteroatoms. The van der Waals surface area contributed by atoms with Gasteiger partial charge in [0, 0.05) is 18.7 Å². The Morgan fingerprint density at radius 2 is 2.04 bits per heavy atom. The monoisotopic (exact) mass is 447 g/mol. The van der Waals surface area contributed by atoms with Crippen molar-refractivity contribution in [3.8, 4) is 5.75 Å². The van der Waals surface area contributed by atoms with Gasteiger partial charge < -0.3 is 20.5 Å². The lowest BCUT2D eigenvalue weighted by Crippen LogP contribution is -2.50. The third kappa shape index (κ3) is 6.12. The Labute approximate surface area is 162 Å². The molecule has 0 saturated heterocycles. The number of aryl methyl sites for hydroxylation is 1. The van der Waals surface area contributed by atoms with Crippen LogP contribution < -0.4 is 15.4 Å². The summed E-state index contributed by atoms with van der Waals surface area (Å²) in [6.45, 7) is 8.60. The number of aliphatic hydroxyl groups is 1. The van der Waals surface area contributed by atoms with Crippen molar-refractivity contribution in [2.24, 2.45) is 4.99 Å². The number of nitrogens with one attached hydrogen (secondary N) is 2. The SMILES string of the molecule is CCNC(=NCc1ccc(C)cc1OCC)NCC1(O)CCC1.I. The van der Waals surface area contributed by atoms with Gasteiger partial charge in [0.05, 0.1) is 18.8 Å². The van der Waals surface area contributed by atoms with Crippen LogP contribution in [0.4, 0.5) is 0 Å². The molecule has 0 bridgehead atoms. The molecule has 0 spiro atoms. The van der Waals surface area contributed by atoms with Gasteiger partial charge in [-0.15, -0.1) is 24.0 Å². The summed E-state index contributed by atoms with van der Waals surface area (Å²) in [7, 11) is 0. The Hall–Kier alpha value is -1.02. The van der Waals surface area contributed by atoms with Crippen LogP contribution in [0.3, 0.4) is 0 Å². The molecule has 24 heavy (non-hydrogen) atoms. The molecule has 1 saturated carbocycles. The largest absolute Gasteiger partial charge is 0.494 e. The number of nitrogens with zero attached hydrogens (tertiary/aromatic N) is 1. The Bertz CT molecular complexity index is 545. The van der Waals surface area contributed by atoms with E-state index in [1.165, 1.54) is 5.56 Å².